The van der Waals surface area contributed by atoms with E-state index in [0.29, 0.717) is 17.5 Å². The lowest BCUT2D eigenvalue weighted by atomic mass is 10.1. The van der Waals surface area contributed by atoms with Crippen LogP contribution in [0.3, 0.4) is 0 Å². The van der Waals surface area contributed by atoms with E-state index in [-0.39, 0.29) is 6.04 Å². The third-order valence-electron chi connectivity index (χ3n) is 1.74. The number of aromatic nitrogens is 1. The molecule has 2 N–H and O–H groups in total. The molecule has 64 valence electrons. The molecule has 1 aromatic rings. The Kier molecular flexibility index (Phi) is 2.14. The molecule has 0 radical (unpaired) electrons. The second kappa shape index (κ2) is 3.01. The van der Waals surface area contributed by atoms with Crippen molar-refractivity contribution < 1.29 is 4.74 Å². The minimum absolute atomic E-state index is 0.0611. The Morgan fingerprint density at radius 3 is 3.25 bits per heavy atom. The van der Waals surface area contributed by atoms with Crippen molar-refractivity contribution in [3.8, 4) is 5.75 Å². The zero-order chi connectivity index (χ0) is 8.72. The van der Waals surface area contributed by atoms with Crippen LogP contribution in [0.2, 0.25) is 5.15 Å². The molecule has 1 aliphatic rings. The molecule has 12 heavy (non-hydrogen) atoms. The van der Waals surface area contributed by atoms with Gasteiger partial charge in [0.05, 0.1) is 6.04 Å². The van der Waals surface area contributed by atoms with E-state index in [4.69, 9.17) is 22.1 Å². The van der Waals surface area contributed by atoms with Crippen molar-refractivity contribution in [1.82, 2.24) is 4.98 Å². The van der Waals surface area contributed by atoms with Gasteiger partial charge in [0.2, 0.25) is 0 Å². The molecule has 1 aliphatic heterocycles. The molecule has 0 fully saturated rings. The van der Waals surface area contributed by atoms with Crippen molar-refractivity contribution in [2.24, 2.45) is 5.73 Å². The third kappa shape index (κ3) is 1.27. The predicted molar refractivity (Wildman–Crippen MR) is 54.4 cm³/mol. The third-order valence-corrected chi connectivity index (χ3v) is 2.54. The first-order valence-electron chi connectivity index (χ1n) is 3.43. The highest BCUT2D eigenvalue weighted by Crippen LogP contribution is 2.36. The molecule has 1 atom stereocenters. The first kappa shape index (κ1) is 8.52. The van der Waals surface area contributed by atoms with Crippen LogP contribution < -0.4 is 10.5 Å². The van der Waals surface area contributed by atoms with Gasteiger partial charge in [0, 0.05) is 5.56 Å². The molecule has 2 rings (SSSR count). The zero-order valence-electron chi connectivity index (χ0n) is 6.05. The Morgan fingerprint density at radius 2 is 2.50 bits per heavy atom. The van der Waals surface area contributed by atoms with Crippen LogP contribution in [-0.4, -0.2) is 11.6 Å². The number of hydrogen-bond donors (Lipinski definition) is 1. The Morgan fingerprint density at radius 1 is 1.75 bits per heavy atom. The van der Waals surface area contributed by atoms with Gasteiger partial charge in [-0.2, -0.15) is 0 Å². The van der Waals surface area contributed by atoms with E-state index in [0.717, 1.165) is 9.26 Å². The first-order valence-corrected chi connectivity index (χ1v) is 4.88. The maximum atomic E-state index is 5.84. The van der Waals surface area contributed by atoms with Crippen LogP contribution in [0.4, 0.5) is 0 Å². The number of hydrogen-bond acceptors (Lipinski definition) is 3. The van der Waals surface area contributed by atoms with Crippen LogP contribution in [0, 0.1) is 3.70 Å². The highest BCUT2D eigenvalue weighted by Gasteiger charge is 2.24. The van der Waals surface area contributed by atoms with E-state index in [1.807, 2.05) is 6.07 Å². The van der Waals surface area contributed by atoms with Crippen molar-refractivity contribution in [2.45, 2.75) is 6.04 Å². The maximum Gasteiger partial charge on any atom is 0.172 e. The molecule has 0 aliphatic carbocycles. The average molecular weight is 296 g/mol. The van der Waals surface area contributed by atoms with Gasteiger partial charge in [0.15, 0.2) is 10.9 Å². The van der Waals surface area contributed by atoms with Gasteiger partial charge in [-0.3, -0.25) is 0 Å². The topological polar surface area (TPSA) is 48.1 Å². The highest BCUT2D eigenvalue weighted by molar-refractivity contribution is 14.1. The van der Waals surface area contributed by atoms with E-state index >= 15 is 0 Å². The number of nitrogens with zero attached hydrogens (tertiary/aromatic N) is 1. The molecule has 2 heterocycles. The van der Waals surface area contributed by atoms with Crippen LogP contribution in [0.25, 0.3) is 0 Å². The van der Waals surface area contributed by atoms with Crippen molar-refractivity contribution in [2.75, 3.05) is 6.61 Å². The lowest BCUT2D eigenvalue weighted by Crippen LogP contribution is -2.10. The predicted octanol–water partition coefficient (Wildman–Crippen LogP) is 1.73. The molecule has 0 bridgehead atoms. The van der Waals surface area contributed by atoms with Crippen molar-refractivity contribution in [3.05, 3.63) is 20.5 Å². The van der Waals surface area contributed by atoms with Crippen LogP contribution in [0.1, 0.15) is 11.6 Å². The molecule has 0 aromatic carbocycles. The smallest absolute Gasteiger partial charge is 0.172 e. The summed E-state index contributed by atoms with van der Waals surface area (Å²) in [5.41, 5.74) is 6.73. The quantitative estimate of drug-likeness (QED) is 0.586. The van der Waals surface area contributed by atoms with Gasteiger partial charge in [0.1, 0.15) is 10.3 Å². The van der Waals surface area contributed by atoms with Crippen LogP contribution in [0.15, 0.2) is 6.07 Å². The molecule has 0 spiro atoms. The maximum absolute atomic E-state index is 5.84. The fourth-order valence-corrected chi connectivity index (χ4v) is 2.15. The zero-order valence-corrected chi connectivity index (χ0v) is 8.96. The molecule has 1 aromatic heterocycles. The Hall–Kier alpha value is -0.0700. The summed E-state index contributed by atoms with van der Waals surface area (Å²) in [5.74, 6) is 0.643. The van der Waals surface area contributed by atoms with Crippen LogP contribution in [-0.2, 0) is 0 Å². The number of ether oxygens (including phenoxy) is 1. The van der Waals surface area contributed by atoms with Crippen LogP contribution in [0.5, 0.6) is 5.75 Å². The lowest BCUT2D eigenvalue weighted by molar-refractivity contribution is 0.332. The number of fused-ring (bicyclic) bond motifs is 1. The van der Waals surface area contributed by atoms with Crippen molar-refractivity contribution >= 4 is 34.2 Å². The van der Waals surface area contributed by atoms with Crippen molar-refractivity contribution in [1.29, 1.82) is 0 Å². The van der Waals surface area contributed by atoms with E-state index in [2.05, 4.69) is 27.6 Å². The Labute approximate surface area is 88.4 Å². The van der Waals surface area contributed by atoms with Gasteiger partial charge in [0.25, 0.3) is 0 Å². The van der Waals surface area contributed by atoms with Crippen molar-refractivity contribution in [3.63, 3.8) is 0 Å². The lowest BCUT2D eigenvalue weighted by Gasteiger charge is -2.01. The van der Waals surface area contributed by atoms with Gasteiger partial charge < -0.3 is 10.5 Å². The van der Waals surface area contributed by atoms with Gasteiger partial charge in [-0.25, -0.2) is 4.98 Å². The number of halogens is 2. The van der Waals surface area contributed by atoms with Gasteiger partial charge in [-0.1, -0.05) is 11.6 Å². The molecule has 5 heteroatoms. The van der Waals surface area contributed by atoms with Crippen LogP contribution >= 0.6 is 34.2 Å². The highest BCUT2D eigenvalue weighted by atomic mass is 127. The molecule has 0 amide bonds. The summed E-state index contributed by atoms with van der Waals surface area (Å²) in [5, 5.41) is 0.407. The number of pyridine rings is 1. The number of rotatable bonds is 0. The second-order valence-electron chi connectivity index (χ2n) is 2.57. The second-order valence-corrected chi connectivity index (χ2v) is 4.03. The van der Waals surface area contributed by atoms with E-state index in [9.17, 15) is 0 Å². The first-order chi connectivity index (χ1) is 5.68. The molecule has 0 saturated heterocycles. The molecule has 1 unspecified atom stereocenters. The monoisotopic (exact) mass is 296 g/mol. The molecule has 3 nitrogen and oxygen atoms in total. The molecular weight excluding hydrogens is 290 g/mol. The SMILES string of the molecule is NC1COc2c1cc(I)nc2Cl. The fourth-order valence-electron chi connectivity index (χ4n) is 1.17. The standard InChI is InChI=1S/C7H6ClIN2O/c8-7-6-3(1-5(9)11-7)4(10)2-12-6/h1,4H,2,10H2. The summed E-state index contributed by atoms with van der Waals surface area (Å²) >= 11 is 7.95. The van der Waals surface area contributed by atoms with E-state index in [1.165, 1.54) is 0 Å². The van der Waals surface area contributed by atoms with Gasteiger partial charge >= 0.3 is 0 Å². The largest absolute Gasteiger partial charge is 0.488 e. The summed E-state index contributed by atoms with van der Waals surface area (Å²) < 4.78 is 6.12. The average Bonchev–Trinajstić information content (AvgIpc) is 2.33. The summed E-state index contributed by atoms with van der Waals surface area (Å²) in [7, 11) is 0. The normalized spacial score (nSPS) is 20.4. The minimum Gasteiger partial charge on any atom is -0.488 e. The van der Waals surface area contributed by atoms with E-state index < -0.39 is 0 Å². The minimum atomic E-state index is -0.0611. The molecular formula is C7H6ClIN2O. The summed E-state index contributed by atoms with van der Waals surface area (Å²) in [6.07, 6.45) is 0. The van der Waals surface area contributed by atoms with Gasteiger partial charge in [-0.15, -0.1) is 0 Å². The van der Waals surface area contributed by atoms with E-state index in [1.54, 1.807) is 0 Å². The Balaban J connectivity index is 2.60. The molecule has 0 saturated carbocycles. The summed E-state index contributed by atoms with van der Waals surface area (Å²) in [6, 6.07) is 1.84. The summed E-state index contributed by atoms with van der Waals surface area (Å²) in [4.78, 5) is 4.05. The van der Waals surface area contributed by atoms with Gasteiger partial charge in [-0.05, 0) is 28.7 Å². The summed E-state index contributed by atoms with van der Waals surface area (Å²) in [6.45, 7) is 0.497. The number of nitrogens with two attached hydrogens (primary N) is 1. The Bertz CT molecular complexity index is 331. The fraction of sp³-hybridized carbons (Fsp3) is 0.286.